The SMILES string of the molecule is O=C(NCc1ccoc1)c1cc(Br)cc(S(=O)(=O)Cl)c1. The Hall–Kier alpha value is -1.31. The number of benzene rings is 1. The largest absolute Gasteiger partial charge is 0.472 e. The predicted molar refractivity (Wildman–Crippen MR) is 77.1 cm³/mol. The van der Waals surface area contributed by atoms with Gasteiger partial charge in [0.05, 0.1) is 17.4 Å². The van der Waals surface area contributed by atoms with Crippen LogP contribution in [0.2, 0.25) is 0 Å². The van der Waals surface area contributed by atoms with Crippen LogP contribution in [0.3, 0.4) is 0 Å². The lowest BCUT2D eigenvalue weighted by atomic mass is 10.2. The molecule has 0 spiro atoms. The second kappa shape index (κ2) is 5.99. The first kappa shape index (κ1) is 15.1. The fraction of sp³-hybridized carbons (Fsp3) is 0.0833. The van der Waals surface area contributed by atoms with Crippen LogP contribution in [-0.2, 0) is 15.6 Å². The van der Waals surface area contributed by atoms with Crippen molar-refractivity contribution >= 4 is 41.6 Å². The monoisotopic (exact) mass is 377 g/mol. The minimum absolute atomic E-state index is 0.137. The van der Waals surface area contributed by atoms with Crippen molar-refractivity contribution in [3.8, 4) is 0 Å². The summed E-state index contributed by atoms with van der Waals surface area (Å²) in [5.74, 6) is -0.408. The molecule has 106 valence electrons. The van der Waals surface area contributed by atoms with Crippen molar-refractivity contribution in [3.63, 3.8) is 0 Å². The van der Waals surface area contributed by atoms with E-state index in [0.29, 0.717) is 4.47 Å². The van der Waals surface area contributed by atoms with Crippen LogP contribution in [-0.4, -0.2) is 14.3 Å². The molecule has 0 aliphatic heterocycles. The number of rotatable bonds is 4. The van der Waals surface area contributed by atoms with Gasteiger partial charge >= 0.3 is 0 Å². The number of hydrogen-bond acceptors (Lipinski definition) is 4. The zero-order chi connectivity index (χ0) is 14.8. The van der Waals surface area contributed by atoms with Crippen molar-refractivity contribution in [1.29, 1.82) is 0 Å². The summed E-state index contributed by atoms with van der Waals surface area (Å²) < 4.78 is 27.9. The lowest BCUT2D eigenvalue weighted by Crippen LogP contribution is -2.22. The van der Waals surface area contributed by atoms with Crippen LogP contribution < -0.4 is 5.32 Å². The van der Waals surface area contributed by atoms with Crippen molar-refractivity contribution in [1.82, 2.24) is 5.32 Å². The highest BCUT2D eigenvalue weighted by molar-refractivity contribution is 9.10. The minimum Gasteiger partial charge on any atom is -0.472 e. The number of furan rings is 1. The van der Waals surface area contributed by atoms with Crippen LogP contribution >= 0.6 is 26.6 Å². The van der Waals surface area contributed by atoms with E-state index in [-0.39, 0.29) is 17.0 Å². The molecule has 1 aromatic heterocycles. The average Bonchev–Trinajstić information content (AvgIpc) is 2.87. The summed E-state index contributed by atoms with van der Waals surface area (Å²) in [7, 11) is 1.38. The summed E-state index contributed by atoms with van der Waals surface area (Å²) in [5.41, 5.74) is 1.00. The molecule has 20 heavy (non-hydrogen) atoms. The van der Waals surface area contributed by atoms with Crippen molar-refractivity contribution in [2.45, 2.75) is 11.4 Å². The Kier molecular flexibility index (Phi) is 4.52. The third kappa shape index (κ3) is 3.84. The van der Waals surface area contributed by atoms with Crippen LogP contribution in [0.1, 0.15) is 15.9 Å². The topological polar surface area (TPSA) is 76.4 Å². The maximum Gasteiger partial charge on any atom is 0.261 e. The Balaban J connectivity index is 2.19. The standard InChI is InChI=1S/C12H9BrClNO4S/c13-10-3-9(4-11(5-10)20(14,17)18)12(16)15-6-8-1-2-19-7-8/h1-5,7H,6H2,(H,15,16). The minimum atomic E-state index is -3.89. The van der Waals surface area contributed by atoms with Gasteiger partial charge in [0.15, 0.2) is 0 Å². The normalized spacial score (nSPS) is 11.3. The zero-order valence-corrected chi connectivity index (χ0v) is 13.1. The van der Waals surface area contributed by atoms with Gasteiger partial charge in [0.2, 0.25) is 0 Å². The number of hydrogen-bond donors (Lipinski definition) is 1. The van der Waals surface area contributed by atoms with Crippen LogP contribution in [0.4, 0.5) is 0 Å². The highest BCUT2D eigenvalue weighted by Crippen LogP contribution is 2.22. The van der Waals surface area contributed by atoms with E-state index >= 15 is 0 Å². The van der Waals surface area contributed by atoms with Gasteiger partial charge < -0.3 is 9.73 Å². The van der Waals surface area contributed by atoms with Gasteiger partial charge in [-0.2, -0.15) is 0 Å². The summed E-state index contributed by atoms with van der Waals surface area (Å²) >= 11 is 3.15. The molecule has 1 heterocycles. The molecule has 1 amide bonds. The van der Waals surface area contributed by atoms with Crippen LogP contribution in [0.25, 0.3) is 0 Å². The molecule has 1 aromatic carbocycles. The number of carbonyl (C=O) groups excluding carboxylic acids is 1. The summed E-state index contributed by atoms with van der Waals surface area (Å²) in [6.07, 6.45) is 3.01. The predicted octanol–water partition coefficient (Wildman–Crippen LogP) is 2.90. The molecular formula is C12H9BrClNO4S. The Labute approximate surface area is 128 Å². The molecule has 2 rings (SSSR count). The molecule has 0 aliphatic rings. The van der Waals surface area contributed by atoms with Crippen molar-refractivity contribution < 1.29 is 17.6 Å². The van der Waals surface area contributed by atoms with Gasteiger partial charge in [0.1, 0.15) is 0 Å². The molecule has 2 aromatic rings. The highest BCUT2D eigenvalue weighted by Gasteiger charge is 2.15. The quantitative estimate of drug-likeness (QED) is 0.830. The molecule has 8 heteroatoms. The van der Waals surface area contributed by atoms with Gasteiger partial charge in [0, 0.05) is 32.8 Å². The second-order valence-electron chi connectivity index (χ2n) is 3.93. The van der Waals surface area contributed by atoms with Gasteiger partial charge in [-0.1, -0.05) is 15.9 Å². The first-order chi connectivity index (χ1) is 9.36. The van der Waals surface area contributed by atoms with Crippen molar-refractivity contribution in [2.75, 3.05) is 0 Å². The third-order valence-corrected chi connectivity index (χ3v) is 4.24. The van der Waals surface area contributed by atoms with Crippen LogP contribution in [0, 0.1) is 0 Å². The van der Waals surface area contributed by atoms with E-state index in [2.05, 4.69) is 21.2 Å². The van der Waals surface area contributed by atoms with E-state index in [4.69, 9.17) is 15.1 Å². The smallest absolute Gasteiger partial charge is 0.261 e. The Morgan fingerprint density at radius 2 is 2.10 bits per heavy atom. The molecule has 0 saturated heterocycles. The van der Waals surface area contributed by atoms with Crippen molar-refractivity contribution in [3.05, 3.63) is 52.4 Å². The molecular weight excluding hydrogens is 370 g/mol. The molecule has 0 unspecified atom stereocenters. The summed E-state index contributed by atoms with van der Waals surface area (Å²) in [6.45, 7) is 0.283. The van der Waals surface area contributed by atoms with E-state index in [1.54, 1.807) is 6.07 Å². The van der Waals surface area contributed by atoms with Crippen LogP contribution in [0.5, 0.6) is 0 Å². The van der Waals surface area contributed by atoms with E-state index in [0.717, 1.165) is 5.56 Å². The van der Waals surface area contributed by atoms with E-state index < -0.39 is 15.0 Å². The molecule has 1 N–H and O–H groups in total. The fourth-order valence-corrected chi connectivity index (χ4v) is 2.96. The molecule has 5 nitrogen and oxygen atoms in total. The van der Waals surface area contributed by atoms with Gasteiger partial charge in [0.25, 0.3) is 15.0 Å². The lowest BCUT2D eigenvalue weighted by molar-refractivity contribution is 0.0950. The molecule has 0 saturated carbocycles. The Morgan fingerprint density at radius 3 is 2.70 bits per heavy atom. The Morgan fingerprint density at radius 1 is 1.35 bits per heavy atom. The number of carbonyl (C=O) groups is 1. The molecule has 0 fully saturated rings. The van der Waals surface area contributed by atoms with Gasteiger partial charge in [-0.25, -0.2) is 8.42 Å². The highest BCUT2D eigenvalue weighted by atomic mass is 79.9. The maximum absolute atomic E-state index is 12.0. The first-order valence-corrected chi connectivity index (χ1v) is 8.51. The lowest BCUT2D eigenvalue weighted by Gasteiger charge is -2.06. The van der Waals surface area contributed by atoms with E-state index in [1.807, 2.05) is 0 Å². The first-order valence-electron chi connectivity index (χ1n) is 5.41. The molecule has 0 atom stereocenters. The maximum atomic E-state index is 12.0. The second-order valence-corrected chi connectivity index (χ2v) is 7.41. The van der Waals surface area contributed by atoms with Gasteiger partial charge in [-0.05, 0) is 24.3 Å². The van der Waals surface area contributed by atoms with E-state index in [1.165, 1.54) is 30.7 Å². The molecule has 0 radical (unpaired) electrons. The number of nitrogens with one attached hydrogen (secondary N) is 1. The van der Waals surface area contributed by atoms with Crippen LogP contribution in [0.15, 0.2) is 50.6 Å². The number of halogens is 2. The van der Waals surface area contributed by atoms with Gasteiger partial charge in [-0.3, -0.25) is 4.79 Å². The van der Waals surface area contributed by atoms with Gasteiger partial charge in [-0.15, -0.1) is 0 Å². The molecule has 0 aliphatic carbocycles. The summed E-state index contributed by atoms with van der Waals surface area (Å²) in [4.78, 5) is 11.8. The third-order valence-electron chi connectivity index (χ3n) is 2.45. The average molecular weight is 379 g/mol. The number of amides is 1. The summed E-state index contributed by atoms with van der Waals surface area (Å²) in [6, 6.07) is 5.78. The fourth-order valence-electron chi connectivity index (χ4n) is 1.51. The molecule has 0 bridgehead atoms. The van der Waals surface area contributed by atoms with E-state index in [9.17, 15) is 13.2 Å². The van der Waals surface area contributed by atoms with Crippen molar-refractivity contribution in [2.24, 2.45) is 0 Å². The Bertz CT molecular complexity index is 728. The summed E-state index contributed by atoms with van der Waals surface area (Å²) in [5, 5.41) is 2.65. The zero-order valence-electron chi connectivity index (χ0n) is 9.97.